The zero-order valence-electron chi connectivity index (χ0n) is 11.9. The Balaban J connectivity index is 1.87. The van der Waals surface area contributed by atoms with Crippen LogP contribution >= 0.6 is 0 Å². The third-order valence-electron chi connectivity index (χ3n) is 4.11. The van der Waals surface area contributed by atoms with Gasteiger partial charge in [-0.05, 0) is 38.2 Å². The van der Waals surface area contributed by atoms with Gasteiger partial charge in [-0.3, -0.25) is 0 Å². The SMILES string of the molecule is Cc1cccc(C(N)CCN2CC(C)CC2C)c1. The van der Waals surface area contributed by atoms with E-state index in [0.29, 0.717) is 0 Å². The number of nitrogens with two attached hydrogens (primary N) is 1. The van der Waals surface area contributed by atoms with Crippen LogP contribution in [0, 0.1) is 12.8 Å². The van der Waals surface area contributed by atoms with Gasteiger partial charge in [0.1, 0.15) is 0 Å². The highest BCUT2D eigenvalue weighted by atomic mass is 15.2. The van der Waals surface area contributed by atoms with Crippen LogP contribution in [-0.4, -0.2) is 24.0 Å². The van der Waals surface area contributed by atoms with E-state index in [1.54, 1.807) is 0 Å². The van der Waals surface area contributed by atoms with E-state index in [9.17, 15) is 0 Å². The first-order valence-corrected chi connectivity index (χ1v) is 7.12. The van der Waals surface area contributed by atoms with Crippen molar-refractivity contribution in [2.45, 2.75) is 45.7 Å². The first-order chi connectivity index (χ1) is 8.56. The monoisotopic (exact) mass is 246 g/mol. The molecule has 2 heteroatoms. The maximum absolute atomic E-state index is 6.30. The van der Waals surface area contributed by atoms with Crippen molar-refractivity contribution in [2.24, 2.45) is 11.7 Å². The minimum absolute atomic E-state index is 0.174. The molecule has 3 atom stereocenters. The highest BCUT2D eigenvalue weighted by Crippen LogP contribution is 2.24. The number of hydrogen-bond acceptors (Lipinski definition) is 2. The van der Waals surface area contributed by atoms with E-state index in [2.05, 4.69) is 49.9 Å². The molecule has 2 nitrogen and oxygen atoms in total. The van der Waals surface area contributed by atoms with Crippen LogP contribution in [0.5, 0.6) is 0 Å². The Labute approximate surface area is 111 Å². The van der Waals surface area contributed by atoms with Crippen molar-refractivity contribution in [3.8, 4) is 0 Å². The largest absolute Gasteiger partial charge is 0.324 e. The second kappa shape index (κ2) is 5.85. The molecule has 1 aliphatic rings. The third kappa shape index (κ3) is 3.33. The summed E-state index contributed by atoms with van der Waals surface area (Å²) in [6.07, 6.45) is 2.39. The molecule has 100 valence electrons. The van der Waals surface area contributed by atoms with Crippen molar-refractivity contribution in [1.82, 2.24) is 4.90 Å². The van der Waals surface area contributed by atoms with Gasteiger partial charge in [-0.1, -0.05) is 36.8 Å². The van der Waals surface area contributed by atoms with Crippen LogP contribution in [0.25, 0.3) is 0 Å². The van der Waals surface area contributed by atoms with Gasteiger partial charge in [0.2, 0.25) is 0 Å². The fourth-order valence-electron chi connectivity index (χ4n) is 3.07. The van der Waals surface area contributed by atoms with Crippen molar-refractivity contribution in [3.63, 3.8) is 0 Å². The molecule has 0 saturated carbocycles. The summed E-state index contributed by atoms with van der Waals surface area (Å²) in [5.74, 6) is 0.843. The smallest absolute Gasteiger partial charge is 0.0307 e. The van der Waals surface area contributed by atoms with Crippen LogP contribution in [0.1, 0.15) is 43.9 Å². The van der Waals surface area contributed by atoms with Crippen molar-refractivity contribution >= 4 is 0 Å². The predicted molar refractivity (Wildman–Crippen MR) is 77.5 cm³/mol. The Kier molecular flexibility index (Phi) is 4.41. The second-order valence-corrected chi connectivity index (χ2v) is 5.99. The second-order valence-electron chi connectivity index (χ2n) is 5.99. The van der Waals surface area contributed by atoms with Gasteiger partial charge in [-0.2, -0.15) is 0 Å². The van der Waals surface area contributed by atoms with Crippen molar-refractivity contribution in [2.75, 3.05) is 13.1 Å². The molecule has 1 saturated heterocycles. The lowest BCUT2D eigenvalue weighted by Crippen LogP contribution is -2.30. The molecule has 0 bridgehead atoms. The fraction of sp³-hybridized carbons (Fsp3) is 0.625. The van der Waals surface area contributed by atoms with Gasteiger partial charge >= 0.3 is 0 Å². The topological polar surface area (TPSA) is 29.3 Å². The molecule has 1 fully saturated rings. The molecular weight excluding hydrogens is 220 g/mol. The standard InChI is InChI=1S/C16H26N2/c1-12-5-4-6-15(10-12)16(17)7-8-18-11-13(2)9-14(18)3/h4-6,10,13-14,16H,7-9,11,17H2,1-3H3. The molecule has 1 aliphatic heterocycles. The van der Waals surface area contributed by atoms with E-state index in [4.69, 9.17) is 5.73 Å². The van der Waals surface area contributed by atoms with Gasteiger partial charge in [0.25, 0.3) is 0 Å². The molecule has 0 aromatic heterocycles. The minimum atomic E-state index is 0.174. The van der Waals surface area contributed by atoms with E-state index in [0.717, 1.165) is 24.9 Å². The number of rotatable bonds is 4. The number of benzene rings is 1. The summed E-state index contributed by atoms with van der Waals surface area (Å²) in [6, 6.07) is 9.48. The maximum atomic E-state index is 6.30. The molecule has 0 radical (unpaired) electrons. The first kappa shape index (κ1) is 13.6. The van der Waals surface area contributed by atoms with E-state index in [1.165, 1.54) is 24.1 Å². The summed E-state index contributed by atoms with van der Waals surface area (Å²) in [4.78, 5) is 2.58. The van der Waals surface area contributed by atoms with Crippen LogP contribution in [-0.2, 0) is 0 Å². The Hall–Kier alpha value is -0.860. The number of hydrogen-bond donors (Lipinski definition) is 1. The molecule has 0 spiro atoms. The summed E-state index contributed by atoms with van der Waals surface area (Å²) >= 11 is 0. The van der Waals surface area contributed by atoms with Crippen LogP contribution in [0.4, 0.5) is 0 Å². The molecule has 1 aromatic carbocycles. The molecule has 0 amide bonds. The van der Waals surface area contributed by atoms with Crippen LogP contribution < -0.4 is 5.73 Å². The summed E-state index contributed by atoms with van der Waals surface area (Å²) in [7, 11) is 0. The van der Waals surface area contributed by atoms with Crippen LogP contribution in [0.3, 0.4) is 0 Å². The summed E-state index contributed by atoms with van der Waals surface area (Å²) in [6.45, 7) is 9.17. The van der Waals surface area contributed by atoms with E-state index < -0.39 is 0 Å². The Morgan fingerprint density at radius 2 is 2.17 bits per heavy atom. The fourth-order valence-corrected chi connectivity index (χ4v) is 3.07. The number of aryl methyl sites for hydroxylation is 1. The zero-order chi connectivity index (χ0) is 13.1. The summed E-state index contributed by atoms with van der Waals surface area (Å²) in [5.41, 5.74) is 8.87. The Morgan fingerprint density at radius 3 is 2.78 bits per heavy atom. The highest BCUT2D eigenvalue weighted by molar-refractivity contribution is 5.24. The van der Waals surface area contributed by atoms with Crippen molar-refractivity contribution in [1.29, 1.82) is 0 Å². The Bertz CT molecular complexity index is 388. The van der Waals surface area contributed by atoms with Crippen molar-refractivity contribution < 1.29 is 0 Å². The molecule has 1 aromatic rings. The van der Waals surface area contributed by atoms with Crippen LogP contribution in [0.2, 0.25) is 0 Å². The predicted octanol–water partition coefficient (Wildman–Crippen LogP) is 3.12. The lowest BCUT2D eigenvalue weighted by atomic mass is 10.0. The first-order valence-electron chi connectivity index (χ1n) is 7.12. The summed E-state index contributed by atoms with van der Waals surface area (Å²) < 4.78 is 0. The van der Waals surface area contributed by atoms with Gasteiger partial charge < -0.3 is 10.6 Å². The van der Waals surface area contributed by atoms with Gasteiger partial charge in [-0.25, -0.2) is 0 Å². The summed E-state index contributed by atoms with van der Waals surface area (Å²) in [5, 5.41) is 0. The van der Waals surface area contributed by atoms with Crippen LogP contribution in [0.15, 0.2) is 24.3 Å². The quantitative estimate of drug-likeness (QED) is 0.884. The number of likely N-dealkylation sites (tertiary alicyclic amines) is 1. The molecule has 0 aliphatic carbocycles. The maximum Gasteiger partial charge on any atom is 0.0307 e. The molecule has 2 N–H and O–H groups in total. The minimum Gasteiger partial charge on any atom is -0.324 e. The van der Waals surface area contributed by atoms with Gasteiger partial charge in [0, 0.05) is 25.2 Å². The molecule has 2 rings (SSSR count). The molecular formula is C16H26N2. The van der Waals surface area contributed by atoms with E-state index >= 15 is 0 Å². The van der Waals surface area contributed by atoms with E-state index in [-0.39, 0.29) is 6.04 Å². The van der Waals surface area contributed by atoms with Gasteiger partial charge in [-0.15, -0.1) is 0 Å². The lowest BCUT2D eigenvalue weighted by molar-refractivity contribution is 0.255. The van der Waals surface area contributed by atoms with Gasteiger partial charge in [0.15, 0.2) is 0 Å². The highest BCUT2D eigenvalue weighted by Gasteiger charge is 2.25. The molecule has 3 unspecified atom stereocenters. The van der Waals surface area contributed by atoms with E-state index in [1.807, 2.05) is 0 Å². The zero-order valence-corrected chi connectivity index (χ0v) is 11.9. The normalized spacial score (nSPS) is 26.4. The molecule has 1 heterocycles. The Morgan fingerprint density at radius 1 is 1.39 bits per heavy atom. The van der Waals surface area contributed by atoms with Crippen molar-refractivity contribution in [3.05, 3.63) is 35.4 Å². The third-order valence-corrected chi connectivity index (χ3v) is 4.11. The van der Waals surface area contributed by atoms with Gasteiger partial charge in [0.05, 0.1) is 0 Å². The average molecular weight is 246 g/mol. The molecule has 18 heavy (non-hydrogen) atoms. The number of nitrogens with zero attached hydrogens (tertiary/aromatic N) is 1. The average Bonchev–Trinajstić information content (AvgIpc) is 2.65. The lowest BCUT2D eigenvalue weighted by Gasteiger charge is -2.23.